The Labute approximate surface area is 159 Å². The molecule has 0 aliphatic heterocycles. The van der Waals surface area contributed by atoms with Crippen molar-refractivity contribution < 1.29 is 0 Å². The Kier molecular flexibility index (Phi) is 4.33. The van der Waals surface area contributed by atoms with Crippen molar-refractivity contribution >= 4 is 28.3 Å². The molecule has 136 valence electrons. The lowest BCUT2D eigenvalue weighted by Crippen LogP contribution is -2.21. The predicted molar refractivity (Wildman–Crippen MR) is 103 cm³/mol. The molecule has 2 N–H and O–H groups in total. The van der Waals surface area contributed by atoms with Crippen molar-refractivity contribution in [2.45, 2.75) is 19.9 Å². The first-order valence-corrected chi connectivity index (χ1v) is 8.70. The molecule has 0 radical (unpaired) electrons. The van der Waals surface area contributed by atoms with E-state index in [0.717, 1.165) is 11.4 Å². The number of aromatic nitrogens is 6. The molecule has 9 heteroatoms. The Morgan fingerprint density at radius 2 is 2.07 bits per heavy atom. The molecular formula is C18H16ClN7O. The Bertz CT molecular complexity index is 1180. The number of tetrazole rings is 1. The second-order valence-electron chi connectivity index (χ2n) is 6.17. The molecule has 0 spiro atoms. The zero-order valence-electron chi connectivity index (χ0n) is 14.6. The average molecular weight is 382 g/mol. The normalized spacial score (nSPS) is 12.3. The SMILES string of the molecule is Cc1nnnn1-c1cccc(N[C@@H](C)c2nc3cc(Cl)ccc3[nH]c2=O)c1. The number of aromatic amines is 1. The van der Waals surface area contributed by atoms with Crippen molar-refractivity contribution in [2.24, 2.45) is 0 Å². The summed E-state index contributed by atoms with van der Waals surface area (Å²) in [4.78, 5) is 19.8. The molecule has 2 aromatic heterocycles. The van der Waals surface area contributed by atoms with Gasteiger partial charge in [0, 0.05) is 10.7 Å². The van der Waals surface area contributed by atoms with Crippen molar-refractivity contribution in [3.63, 3.8) is 0 Å². The third-order valence-corrected chi connectivity index (χ3v) is 4.43. The van der Waals surface area contributed by atoms with E-state index < -0.39 is 0 Å². The minimum Gasteiger partial charge on any atom is -0.377 e. The predicted octanol–water partition coefficient (Wildman–Crippen LogP) is 3.03. The Balaban J connectivity index is 1.65. The zero-order valence-corrected chi connectivity index (χ0v) is 15.4. The number of aryl methyl sites for hydroxylation is 1. The highest BCUT2D eigenvalue weighted by Crippen LogP contribution is 2.21. The first kappa shape index (κ1) is 17.2. The van der Waals surface area contributed by atoms with Crippen LogP contribution in [0.1, 0.15) is 24.5 Å². The van der Waals surface area contributed by atoms with E-state index >= 15 is 0 Å². The first-order chi connectivity index (χ1) is 13.0. The number of rotatable bonds is 4. The monoisotopic (exact) mass is 381 g/mol. The molecule has 0 fully saturated rings. The minimum absolute atomic E-state index is 0.239. The summed E-state index contributed by atoms with van der Waals surface area (Å²) in [5, 5.41) is 15.4. The summed E-state index contributed by atoms with van der Waals surface area (Å²) in [5.74, 6) is 0.685. The van der Waals surface area contributed by atoms with Crippen LogP contribution in [0.3, 0.4) is 0 Å². The fourth-order valence-corrected chi connectivity index (χ4v) is 3.05. The molecule has 0 saturated heterocycles. The summed E-state index contributed by atoms with van der Waals surface area (Å²) in [5.41, 5.74) is 3.08. The van der Waals surface area contributed by atoms with Gasteiger partial charge in [-0.3, -0.25) is 4.79 Å². The number of H-pyrrole nitrogens is 1. The third kappa shape index (κ3) is 3.39. The van der Waals surface area contributed by atoms with Crippen LogP contribution in [0, 0.1) is 6.92 Å². The average Bonchev–Trinajstić information content (AvgIpc) is 3.07. The maximum atomic E-state index is 12.4. The molecule has 2 aromatic carbocycles. The van der Waals surface area contributed by atoms with Gasteiger partial charge >= 0.3 is 0 Å². The molecule has 0 saturated carbocycles. The highest BCUT2D eigenvalue weighted by atomic mass is 35.5. The lowest BCUT2D eigenvalue weighted by Gasteiger charge is -2.15. The number of hydrogen-bond acceptors (Lipinski definition) is 6. The standard InChI is InChI=1S/C18H16ClN7O/c1-10(17-18(27)22-15-7-6-12(19)8-16(15)21-17)20-13-4-3-5-14(9-13)26-11(2)23-24-25-26/h3-10,20H,1-2H3,(H,22,27)/t10-/m0/s1. The fourth-order valence-electron chi connectivity index (χ4n) is 2.88. The van der Waals surface area contributed by atoms with Gasteiger partial charge in [-0.05, 0) is 60.7 Å². The maximum Gasteiger partial charge on any atom is 0.272 e. The van der Waals surface area contributed by atoms with Gasteiger partial charge in [0.2, 0.25) is 0 Å². The van der Waals surface area contributed by atoms with Crippen LogP contribution in [0.2, 0.25) is 5.02 Å². The quantitative estimate of drug-likeness (QED) is 0.563. The van der Waals surface area contributed by atoms with Crippen molar-refractivity contribution in [3.8, 4) is 5.69 Å². The molecule has 0 unspecified atom stereocenters. The van der Waals surface area contributed by atoms with E-state index in [0.29, 0.717) is 27.6 Å². The van der Waals surface area contributed by atoms with Gasteiger partial charge in [-0.15, -0.1) is 5.10 Å². The Morgan fingerprint density at radius 1 is 1.22 bits per heavy atom. The second-order valence-corrected chi connectivity index (χ2v) is 6.60. The number of nitrogens with zero attached hydrogens (tertiary/aromatic N) is 5. The maximum absolute atomic E-state index is 12.4. The summed E-state index contributed by atoms with van der Waals surface area (Å²) >= 11 is 6.03. The molecule has 0 amide bonds. The largest absolute Gasteiger partial charge is 0.377 e. The van der Waals surface area contributed by atoms with E-state index in [-0.39, 0.29) is 11.6 Å². The van der Waals surface area contributed by atoms with E-state index in [1.807, 2.05) is 38.1 Å². The number of halogens is 1. The van der Waals surface area contributed by atoms with Gasteiger partial charge in [0.1, 0.15) is 5.69 Å². The molecule has 0 aliphatic rings. The number of nitrogens with one attached hydrogen (secondary N) is 2. The first-order valence-electron chi connectivity index (χ1n) is 8.33. The minimum atomic E-state index is -0.317. The van der Waals surface area contributed by atoms with Crippen LogP contribution >= 0.6 is 11.6 Å². The second kappa shape index (κ2) is 6.81. The lowest BCUT2D eigenvalue weighted by molar-refractivity contribution is 0.778. The number of fused-ring (bicyclic) bond motifs is 1. The van der Waals surface area contributed by atoms with E-state index in [9.17, 15) is 4.79 Å². The van der Waals surface area contributed by atoms with Crippen molar-refractivity contribution in [2.75, 3.05) is 5.32 Å². The van der Waals surface area contributed by atoms with Crippen LogP contribution in [-0.2, 0) is 0 Å². The number of hydrogen-bond donors (Lipinski definition) is 2. The Hall–Kier alpha value is -3.26. The molecule has 2 heterocycles. The fraction of sp³-hybridized carbons (Fsp3) is 0.167. The molecule has 0 bridgehead atoms. The van der Waals surface area contributed by atoms with Crippen LogP contribution in [0.25, 0.3) is 16.7 Å². The molecule has 4 rings (SSSR count). The molecule has 0 aliphatic carbocycles. The third-order valence-electron chi connectivity index (χ3n) is 4.19. The number of anilines is 1. The zero-order chi connectivity index (χ0) is 19.0. The highest BCUT2D eigenvalue weighted by molar-refractivity contribution is 6.31. The van der Waals surface area contributed by atoms with Crippen LogP contribution < -0.4 is 10.9 Å². The smallest absolute Gasteiger partial charge is 0.272 e. The van der Waals surface area contributed by atoms with Crippen LogP contribution in [0.4, 0.5) is 5.69 Å². The van der Waals surface area contributed by atoms with Crippen LogP contribution in [0.5, 0.6) is 0 Å². The Morgan fingerprint density at radius 3 is 2.85 bits per heavy atom. The van der Waals surface area contributed by atoms with E-state index in [1.54, 1.807) is 22.9 Å². The molecule has 1 atom stereocenters. The van der Waals surface area contributed by atoms with Gasteiger partial charge in [0.05, 0.1) is 22.8 Å². The topological polar surface area (TPSA) is 101 Å². The van der Waals surface area contributed by atoms with Crippen molar-refractivity contribution in [1.82, 2.24) is 30.2 Å². The lowest BCUT2D eigenvalue weighted by atomic mass is 10.2. The van der Waals surface area contributed by atoms with Crippen LogP contribution in [-0.4, -0.2) is 30.2 Å². The van der Waals surface area contributed by atoms with Gasteiger partial charge in [-0.2, -0.15) is 4.68 Å². The summed E-state index contributed by atoms with van der Waals surface area (Å²) in [6.45, 7) is 3.70. The van der Waals surface area contributed by atoms with Gasteiger partial charge < -0.3 is 10.3 Å². The van der Waals surface area contributed by atoms with Crippen molar-refractivity contribution in [1.29, 1.82) is 0 Å². The van der Waals surface area contributed by atoms with E-state index in [2.05, 4.69) is 30.8 Å². The van der Waals surface area contributed by atoms with Gasteiger partial charge in [-0.1, -0.05) is 17.7 Å². The molecular weight excluding hydrogens is 366 g/mol. The van der Waals surface area contributed by atoms with Gasteiger partial charge in [0.15, 0.2) is 5.82 Å². The van der Waals surface area contributed by atoms with E-state index in [4.69, 9.17) is 11.6 Å². The van der Waals surface area contributed by atoms with Crippen molar-refractivity contribution in [3.05, 3.63) is 69.4 Å². The summed E-state index contributed by atoms with van der Waals surface area (Å²) in [6.07, 6.45) is 0. The van der Waals surface area contributed by atoms with Gasteiger partial charge in [0.25, 0.3) is 5.56 Å². The molecule has 8 nitrogen and oxygen atoms in total. The van der Waals surface area contributed by atoms with Crippen LogP contribution in [0.15, 0.2) is 47.3 Å². The molecule has 27 heavy (non-hydrogen) atoms. The van der Waals surface area contributed by atoms with Gasteiger partial charge in [-0.25, -0.2) is 4.98 Å². The summed E-state index contributed by atoms with van der Waals surface area (Å²) < 4.78 is 1.64. The molecule has 4 aromatic rings. The summed E-state index contributed by atoms with van der Waals surface area (Å²) in [6, 6.07) is 12.5. The van der Waals surface area contributed by atoms with E-state index in [1.165, 1.54) is 0 Å². The summed E-state index contributed by atoms with van der Waals surface area (Å²) in [7, 11) is 0. The highest BCUT2D eigenvalue weighted by Gasteiger charge is 2.14. The number of benzene rings is 2.